The SMILES string of the molecule is O=[P+](Cl)OCP(=O)(OCc1ccccc1)OCc1ccccc1. The van der Waals surface area contributed by atoms with Crippen LogP contribution < -0.4 is 0 Å². The van der Waals surface area contributed by atoms with E-state index in [1.165, 1.54) is 0 Å². The van der Waals surface area contributed by atoms with Crippen LogP contribution in [0.25, 0.3) is 0 Å². The molecule has 2 rings (SSSR count). The molecule has 1 unspecified atom stereocenters. The molecule has 0 heterocycles. The monoisotopic (exact) mass is 373 g/mol. The van der Waals surface area contributed by atoms with E-state index in [4.69, 9.17) is 24.8 Å². The quantitative estimate of drug-likeness (QED) is 0.544. The molecule has 122 valence electrons. The van der Waals surface area contributed by atoms with E-state index in [0.717, 1.165) is 11.1 Å². The largest absolute Gasteiger partial charge is 0.634 e. The van der Waals surface area contributed by atoms with E-state index in [0.29, 0.717) is 0 Å². The minimum atomic E-state index is -3.59. The summed E-state index contributed by atoms with van der Waals surface area (Å²) in [7, 11) is -6.00. The highest BCUT2D eigenvalue weighted by molar-refractivity contribution is 7.70. The predicted molar refractivity (Wildman–Crippen MR) is 89.5 cm³/mol. The molecule has 1 atom stereocenters. The maximum Gasteiger partial charge on any atom is 0.634 e. The van der Waals surface area contributed by atoms with Gasteiger partial charge in [-0.1, -0.05) is 60.7 Å². The average molecular weight is 374 g/mol. The third-order valence-electron chi connectivity index (χ3n) is 2.86. The Morgan fingerprint density at radius 1 is 0.870 bits per heavy atom. The first-order valence-electron chi connectivity index (χ1n) is 6.79. The summed E-state index contributed by atoms with van der Waals surface area (Å²) < 4.78 is 39.2. The third-order valence-corrected chi connectivity index (χ3v) is 5.18. The van der Waals surface area contributed by atoms with Crippen molar-refractivity contribution in [3.8, 4) is 0 Å². The molecule has 0 amide bonds. The molecule has 0 aromatic heterocycles. The topological polar surface area (TPSA) is 61.8 Å². The molecular weight excluding hydrogens is 358 g/mol. The first kappa shape index (κ1) is 18.3. The van der Waals surface area contributed by atoms with Crippen LogP contribution in [0.4, 0.5) is 0 Å². The molecule has 0 aliphatic rings. The molecule has 0 saturated heterocycles. The van der Waals surface area contributed by atoms with Gasteiger partial charge in [0, 0.05) is 0 Å². The van der Waals surface area contributed by atoms with Crippen molar-refractivity contribution in [2.45, 2.75) is 13.2 Å². The van der Waals surface area contributed by atoms with Gasteiger partial charge in [0.1, 0.15) is 0 Å². The standard InChI is InChI=1S/C15H16ClO5P2/c16-22(17)19-13-23(18,20-11-14-7-3-1-4-8-14)21-12-15-9-5-2-6-10-15/h1-10H,11-13H2/q+1. The lowest BCUT2D eigenvalue weighted by molar-refractivity contribution is 0.174. The summed E-state index contributed by atoms with van der Waals surface area (Å²) in [6.45, 7) is 0.185. The fourth-order valence-corrected chi connectivity index (χ4v) is 3.96. The van der Waals surface area contributed by atoms with Gasteiger partial charge in [0.25, 0.3) is 0 Å². The second-order valence-corrected chi connectivity index (χ2v) is 8.11. The van der Waals surface area contributed by atoms with Crippen molar-refractivity contribution >= 4 is 26.2 Å². The van der Waals surface area contributed by atoms with Crippen LogP contribution in [0.3, 0.4) is 0 Å². The van der Waals surface area contributed by atoms with Gasteiger partial charge in [0.05, 0.1) is 13.2 Å². The van der Waals surface area contributed by atoms with Gasteiger partial charge in [0.2, 0.25) is 17.6 Å². The highest BCUT2D eigenvalue weighted by atomic mass is 35.7. The van der Waals surface area contributed by atoms with Crippen LogP contribution in [-0.2, 0) is 35.9 Å². The molecule has 2 aromatic rings. The number of hydrogen-bond donors (Lipinski definition) is 0. The van der Waals surface area contributed by atoms with Crippen LogP contribution in [0.5, 0.6) is 0 Å². The summed E-state index contributed by atoms with van der Waals surface area (Å²) in [5.74, 6) is 0. The fourth-order valence-electron chi connectivity index (χ4n) is 1.72. The van der Waals surface area contributed by atoms with E-state index in [-0.39, 0.29) is 13.2 Å². The molecule has 0 aliphatic carbocycles. The zero-order chi connectivity index (χ0) is 16.5. The zero-order valence-corrected chi connectivity index (χ0v) is 14.8. The number of benzene rings is 2. The molecule has 0 saturated carbocycles. The summed E-state index contributed by atoms with van der Waals surface area (Å²) in [5.41, 5.74) is 1.68. The van der Waals surface area contributed by atoms with Crippen molar-refractivity contribution < 1.29 is 22.7 Å². The van der Waals surface area contributed by atoms with Crippen LogP contribution in [0.1, 0.15) is 11.1 Å². The van der Waals surface area contributed by atoms with Crippen molar-refractivity contribution in [1.29, 1.82) is 0 Å². The number of hydrogen-bond acceptors (Lipinski definition) is 5. The molecule has 0 bridgehead atoms. The van der Waals surface area contributed by atoms with Crippen LogP contribution in [0, 0.1) is 0 Å². The van der Waals surface area contributed by atoms with Gasteiger partial charge in [-0.3, -0.25) is 4.57 Å². The lowest BCUT2D eigenvalue weighted by atomic mass is 10.2. The van der Waals surface area contributed by atoms with Crippen molar-refractivity contribution in [3.05, 3.63) is 71.8 Å². The van der Waals surface area contributed by atoms with Crippen LogP contribution in [0.15, 0.2) is 60.7 Å². The molecule has 5 nitrogen and oxygen atoms in total. The van der Waals surface area contributed by atoms with Crippen molar-refractivity contribution in [2.24, 2.45) is 0 Å². The van der Waals surface area contributed by atoms with E-state index in [1.54, 1.807) is 0 Å². The lowest BCUT2D eigenvalue weighted by Crippen LogP contribution is -2.02. The maximum absolute atomic E-state index is 12.7. The number of rotatable bonds is 9. The summed E-state index contributed by atoms with van der Waals surface area (Å²) in [4.78, 5) is 0. The summed E-state index contributed by atoms with van der Waals surface area (Å²) in [6.07, 6.45) is -0.467. The van der Waals surface area contributed by atoms with Gasteiger partial charge in [-0.2, -0.15) is 0 Å². The second-order valence-electron chi connectivity index (χ2n) is 4.60. The van der Waals surface area contributed by atoms with Gasteiger partial charge >= 0.3 is 15.0 Å². The smallest absolute Gasteiger partial charge is 0.302 e. The van der Waals surface area contributed by atoms with Crippen molar-refractivity contribution in [3.63, 3.8) is 0 Å². The predicted octanol–water partition coefficient (Wildman–Crippen LogP) is 5.48. The van der Waals surface area contributed by atoms with Gasteiger partial charge in [-0.15, -0.1) is 4.52 Å². The minimum Gasteiger partial charge on any atom is -0.302 e. The minimum absolute atomic E-state index is 0.0926. The van der Waals surface area contributed by atoms with Gasteiger partial charge in [0.15, 0.2) is 0 Å². The Morgan fingerprint density at radius 2 is 1.30 bits per heavy atom. The zero-order valence-electron chi connectivity index (χ0n) is 12.2. The summed E-state index contributed by atoms with van der Waals surface area (Å²) in [6, 6.07) is 18.5. The van der Waals surface area contributed by atoms with E-state index in [1.807, 2.05) is 60.7 Å². The average Bonchev–Trinajstić information content (AvgIpc) is 2.59. The second kappa shape index (κ2) is 9.29. The Bertz CT molecular complexity index is 619. The first-order chi connectivity index (χ1) is 11.1. The lowest BCUT2D eigenvalue weighted by Gasteiger charge is -2.16. The van der Waals surface area contributed by atoms with Crippen LogP contribution in [0.2, 0.25) is 0 Å². The molecule has 23 heavy (non-hydrogen) atoms. The highest BCUT2D eigenvalue weighted by Gasteiger charge is 2.31. The van der Waals surface area contributed by atoms with Gasteiger partial charge in [-0.05, 0) is 15.7 Å². The maximum atomic E-state index is 12.7. The van der Waals surface area contributed by atoms with E-state index < -0.39 is 21.3 Å². The molecule has 2 aromatic carbocycles. The van der Waals surface area contributed by atoms with Crippen LogP contribution in [-0.4, -0.2) is 6.35 Å². The Morgan fingerprint density at radius 3 is 1.70 bits per heavy atom. The molecule has 8 heteroatoms. The highest BCUT2D eigenvalue weighted by Crippen LogP contribution is 2.52. The van der Waals surface area contributed by atoms with E-state index in [2.05, 4.69) is 0 Å². The summed E-state index contributed by atoms with van der Waals surface area (Å²) >= 11 is 5.27. The van der Waals surface area contributed by atoms with Crippen LogP contribution >= 0.6 is 26.2 Å². The van der Waals surface area contributed by atoms with Crippen molar-refractivity contribution in [1.82, 2.24) is 0 Å². The third kappa shape index (κ3) is 6.92. The van der Waals surface area contributed by atoms with E-state index >= 15 is 0 Å². The van der Waals surface area contributed by atoms with E-state index in [9.17, 15) is 9.13 Å². The Labute approximate surface area is 140 Å². The summed E-state index contributed by atoms with van der Waals surface area (Å²) in [5, 5.41) is 0. The molecule has 0 radical (unpaired) electrons. The Kier molecular flexibility index (Phi) is 7.38. The first-order valence-corrected chi connectivity index (χ1v) is 10.6. The molecular formula is C15H16ClO5P2+. The normalized spacial score (nSPS) is 12.1. The van der Waals surface area contributed by atoms with Gasteiger partial charge < -0.3 is 9.05 Å². The Balaban J connectivity index is 1.99. The molecule has 0 spiro atoms. The molecule has 0 aliphatic heterocycles. The van der Waals surface area contributed by atoms with Gasteiger partial charge in [-0.25, -0.2) is 0 Å². The Hall–Kier alpha value is -1.06. The molecule has 0 N–H and O–H groups in total. The van der Waals surface area contributed by atoms with Crippen molar-refractivity contribution in [2.75, 3.05) is 6.35 Å². The molecule has 0 fully saturated rings. The number of halogens is 1. The fraction of sp³-hybridized carbons (Fsp3) is 0.200.